The molecule has 1 aromatic heterocycles. The third-order valence-corrected chi connectivity index (χ3v) is 3.19. The molecule has 2 N–H and O–H groups in total. The van der Waals surface area contributed by atoms with Crippen molar-refractivity contribution in [2.75, 3.05) is 6.54 Å². The standard InChI is InChI=1S/C6H8F3N3O2S2/c7-6(8,9)16(13,14)12-3-4(15)5-10-1-2-11-5/h1-2,4,12,15H,3H2,(H,10,11). The van der Waals surface area contributed by atoms with Crippen LogP contribution < -0.4 is 4.72 Å². The maximum atomic E-state index is 11.9. The molecule has 0 fully saturated rings. The van der Waals surface area contributed by atoms with Gasteiger partial charge in [-0.25, -0.2) is 18.1 Å². The van der Waals surface area contributed by atoms with Crippen molar-refractivity contribution in [3.8, 4) is 0 Å². The zero-order valence-corrected chi connectivity index (χ0v) is 9.40. The highest BCUT2D eigenvalue weighted by Gasteiger charge is 2.45. The minimum atomic E-state index is -5.32. The van der Waals surface area contributed by atoms with Gasteiger partial charge in [0.15, 0.2) is 0 Å². The lowest BCUT2D eigenvalue weighted by atomic mass is 10.4. The van der Waals surface area contributed by atoms with E-state index >= 15 is 0 Å². The number of sulfonamides is 1. The van der Waals surface area contributed by atoms with E-state index in [2.05, 4.69) is 22.6 Å². The Labute approximate surface area is 94.9 Å². The summed E-state index contributed by atoms with van der Waals surface area (Å²) in [5.41, 5.74) is -5.32. The van der Waals surface area contributed by atoms with Crippen LogP contribution in [0.25, 0.3) is 0 Å². The summed E-state index contributed by atoms with van der Waals surface area (Å²) in [4.78, 5) is 6.34. The van der Waals surface area contributed by atoms with Gasteiger partial charge in [-0.3, -0.25) is 0 Å². The Kier molecular flexibility index (Phi) is 3.86. The number of hydrogen-bond acceptors (Lipinski definition) is 4. The Hall–Kier alpha value is -0.740. The molecule has 5 nitrogen and oxygen atoms in total. The Bertz CT molecular complexity index is 428. The summed E-state index contributed by atoms with van der Waals surface area (Å²) >= 11 is 3.91. The van der Waals surface area contributed by atoms with Gasteiger partial charge in [0.1, 0.15) is 5.82 Å². The van der Waals surface area contributed by atoms with Crippen molar-refractivity contribution in [2.45, 2.75) is 10.8 Å². The summed E-state index contributed by atoms with van der Waals surface area (Å²) in [6.07, 6.45) is 2.84. The smallest absolute Gasteiger partial charge is 0.348 e. The Morgan fingerprint density at radius 1 is 1.56 bits per heavy atom. The molecule has 1 heterocycles. The minimum Gasteiger partial charge on any atom is -0.348 e. The summed E-state index contributed by atoms with van der Waals surface area (Å²) in [6.45, 7) is -0.502. The lowest BCUT2D eigenvalue weighted by molar-refractivity contribution is -0.0447. The molecule has 0 saturated heterocycles. The Balaban J connectivity index is 2.59. The SMILES string of the molecule is O=S(=O)(NCC(S)c1ncc[nH]1)C(F)(F)F. The van der Waals surface area contributed by atoms with E-state index in [9.17, 15) is 21.6 Å². The van der Waals surface area contributed by atoms with Crippen LogP contribution in [0, 0.1) is 0 Å². The molecule has 0 saturated carbocycles. The largest absolute Gasteiger partial charge is 0.511 e. The number of nitrogens with one attached hydrogen (secondary N) is 2. The van der Waals surface area contributed by atoms with Crippen molar-refractivity contribution in [1.29, 1.82) is 0 Å². The molecule has 0 aliphatic carbocycles. The van der Waals surface area contributed by atoms with Crippen LogP contribution in [0.2, 0.25) is 0 Å². The number of alkyl halides is 3. The van der Waals surface area contributed by atoms with Gasteiger partial charge in [0.25, 0.3) is 0 Å². The fraction of sp³-hybridized carbons (Fsp3) is 0.500. The summed E-state index contributed by atoms with van der Waals surface area (Å²) < 4.78 is 58.4. The number of nitrogens with zero attached hydrogens (tertiary/aromatic N) is 1. The molecular formula is C6H8F3N3O2S2. The van der Waals surface area contributed by atoms with Crippen LogP contribution in [-0.2, 0) is 10.0 Å². The second-order valence-electron chi connectivity index (χ2n) is 2.79. The average molecular weight is 275 g/mol. The van der Waals surface area contributed by atoms with Gasteiger partial charge in [-0.15, -0.1) is 0 Å². The number of halogens is 3. The zero-order valence-electron chi connectivity index (χ0n) is 7.69. The van der Waals surface area contributed by atoms with E-state index in [1.165, 1.54) is 17.1 Å². The van der Waals surface area contributed by atoms with E-state index in [-0.39, 0.29) is 5.82 Å². The predicted molar refractivity (Wildman–Crippen MR) is 53.3 cm³/mol. The molecule has 0 aliphatic rings. The first-order valence-electron chi connectivity index (χ1n) is 3.97. The minimum absolute atomic E-state index is 0.285. The molecular weight excluding hydrogens is 267 g/mol. The van der Waals surface area contributed by atoms with Gasteiger partial charge in [-0.05, 0) is 0 Å². The lowest BCUT2D eigenvalue weighted by Gasteiger charge is -2.11. The van der Waals surface area contributed by atoms with Crippen molar-refractivity contribution in [3.63, 3.8) is 0 Å². The van der Waals surface area contributed by atoms with Crippen molar-refractivity contribution in [3.05, 3.63) is 18.2 Å². The number of thiol groups is 1. The van der Waals surface area contributed by atoms with E-state index in [0.29, 0.717) is 0 Å². The molecule has 1 unspecified atom stereocenters. The topological polar surface area (TPSA) is 74.8 Å². The summed E-state index contributed by atoms with van der Waals surface area (Å²) in [7, 11) is -5.32. The molecule has 0 spiro atoms. The second kappa shape index (κ2) is 4.63. The molecule has 0 bridgehead atoms. The van der Waals surface area contributed by atoms with Gasteiger partial charge in [0, 0.05) is 18.9 Å². The van der Waals surface area contributed by atoms with Crippen LogP contribution in [0.4, 0.5) is 13.2 Å². The first-order chi connectivity index (χ1) is 7.24. The van der Waals surface area contributed by atoms with Gasteiger partial charge in [-0.1, -0.05) is 0 Å². The van der Waals surface area contributed by atoms with Crippen LogP contribution in [-0.4, -0.2) is 30.4 Å². The van der Waals surface area contributed by atoms with Gasteiger partial charge < -0.3 is 4.98 Å². The highest BCUT2D eigenvalue weighted by molar-refractivity contribution is 7.90. The van der Waals surface area contributed by atoms with E-state index in [4.69, 9.17) is 0 Å². The van der Waals surface area contributed by atoms with Crippen LogP contribution in [0.5, 0.6) is 0 Å². The molecule has 92 valence electrons. The van der Waals surface area contributed by atoms with Crippen molar-refractivity contribution in [1.82, 2.24) is 14.7 Å². The zero-order chi connectivity index (χ0) is 12.4. The molecule has 1 aromatic rings. The summed E-state index contributed by atoms with van der Waals surface area (Å²) in [5.74, 6) is 0.285. The number of rotatable bonds is 4. The van der Waals surface area contributed by atoms with Crippen molar-refractivity contribution < 1.29 is 21.6 Å². The van der Waals surface area contributed by atoms with E-state index < -0.39 is 27.3 Å². The van der Waals surface area contributed by atoms with Gasteiger partial charge in [0.05, 0.1) is 5.25 Å². The van der Waals surface area contributed by atoms with Gasteiger partial charge in [0.2, 0.25) is 0 Å². The fourth-order valence-electron chi connectivity index (χ4n) is 0.827. The Morgan fingerprint density at radius 2 is 2.19 bits per heavy atom. The first-order valence-corrected chi connectivity index (χ1v) is 5.97. The summed E-state index contributed by atoms with van der Waals surface area (Å²) in [6, 6.07) is 0. The predicted octanol–water partition coefficient (Wildman–Crippen LogP) is 0.820. The average Bonchev–Trinajstić information content (AvgIpc) is 2.65. The summed E-state index contributed by atoms with van der Waals surface area (Å²) in [5, 5.41) is -0.771. The van der Waals surface area contributed by atoms with Crippen LogP contribution in [0.15, 0.2) is 12.4 Å². The molecule has 0 radical (unpaired) electrons. The molecule has 10 heteroatoms. The van der Waals surface area contributed by atoms with Gasteiger partial charge >= 0.3 is 15.5 Å². The Morgan fingerprint density at radius 3 is 2.62 bits per heavy atom. The normalized spacial score (nSPS) is 15.0. The molecule has 0 amide bonds. The molecule has 0 aromatic carbocycles. The maximum Gasteiger partial charge on any atom is 0.511 e. The van der Waals surface area contributed by atoms with Crippen molar-refractivity contribution in [2.24, 2.45) is 0 Å². The first kappa shape index (κ1) is 13.3. The third kappa shape index (κ3) is 3.12. The highest BCUT2D eigenvalue weighted by atomic mass is 32.2. The number of aromatic nitrogens is 2. The molecule has 1 atom stereocenters. The van der Waals surface area contributed by atoms with Crippen molar-refractivity contribution >= 4 is 22.7 Å². The third-order valence-electron chi connectivity index (χ3n) is 1.61. The highest BCUT2D eigenvalue weighted by Crippen LogP contribution is 2.22. The number of hydrogen-bond donors (Lipinski definition) is 3. The van der Waals surface area contributed by atoms with E-state index in [1.807, 2.05) is 0 Å². The molecule has 16 heavy (non-hydrogen) atoms. The monoisotopic (exact) mass is 275 g/mol. The van der Waals surface area contributed by atoms with E-state index in [1.54, 1.807) is 0 Å². The number of aromatic amines is 1. The van der Waals surface area contributed by atoms with Crippen LogP contribution in [0.3, 0.4) is 0 Å². The van der Waals surface area contributed by atoms with Crippen LogP contribution in [0.1, 0.15) is 11.1 Å². The fourth-order valence-corrected chi connectivity index (χ4v) is 1.73. The molecule has 0 aliphatic heterocycles. The lowest BCUT2D eigenvalue weighted by Crippen LogP contribution is -2.38. The second-order valence-corrected chi connectivity index (χ2v) is 5.17. The van der Waals surface area contributed by atoms with E-state index in [0.717, 1.165) is 0 Å². The quantitative estimate of drug-likeness (QED) is 0.712. The van der Waals surface area contributed by atoms with Gasteiger partial charge in [-0.2, -0.15) is 25.8 Å². The number of H-pyrrole nitrogens is 1. The van der Waals surface area contributed by atoms with Crippen LogP contribution >= 0.6 is 12.6 Å². The number of imidazole rings is 1. The maximum absolute atomic E-state index is 11.9. The molecule has 1 rings (SSSR count).